The number of benzene rings is 4. The predicted octanol–water partition coefficient (Wildman–Crippen LogP) is 8.57. The fourth-order valence-corrected chi connectivity index (χ4v) is 5.23. The lowest BCUT2D eigenvalue weighted by Crippen LogP contribution is -2.30. The number of thioether (sulfide) groups is 1. The summed E-state index contributed by atoms with van der Waals surface area (Å²) in [7, 11) is 0. The molecule has 0 aliphatic heterocycles. The number of ether oxygens (including phenoxy) is 1. The highest BCUT2D eigenvalue weighted by molar-refractivity contribution is 8.00. The van der Waals surface area contributed by atoms with Crippen LogP contribution in [0.3, 0.4) is 0 Å². The maximum Gasteiger partial charge on any atom is 0.272 e. The van der Waals surface area contributed by atoms with Crippen molar-refractivity contribution < 1.29 is 23.5 Å². The van der Waals surface area contributed by atoms with Crippen LogP contribution >= 0.6 is 11.8 Å². The van der Waals surface area contributed by atoms with Gasteiger partial charge in [-0.15, -0.1) is 11.8 Å². The van der Waals surface area contributed by atoms with E-state index in [1.807, 2.05) is 79.7 Å². The third-order valence-electron chi connectivity index (χ3n) is 7.17. The summed E-state index contributed by atoms with van der Waals surface area (Å²) >= 11 is 1.38. The highest BCUT2D eigenvalue weighted by Crippen LogP contribution is 2.25. The van der Waals surface area contributed by atoms with E-state index in [0.717, 1.165) is 34.6 Å². The maximum absolute atomic E-state index is 13.5. The zero-order chi connectivity index (χ0) is 33.7. The molecule has 244 valence electrons. The normalized spacial score (nSPS) is 11.1. The lowest BCUT2D eigenvalue weighted by atomic mass is 10.1. The summed E-state index contributed by atoms with van der Waals surface area (Å²) in [6, 6.07) is 34.6. The minimum absolute atomic E-state index is 0.0179. The van der Waals surface area contributed by atoms with Crippen LogP contribution in [0.4, 0.5) is 11.4 Å². The quantitative estimate of drug-likeness (QED) is 0.0626. The van der Waals surface area contributed by atoms with Gasteiger partial charge < -0.3 is 25.1 Å². The van der Waals surface area contributed by atoms with Crippen LogP contribution in [0.15, 0.2) is 130 Å². The molecule has 3 amide bonds. The summed E-state index contributed by atoms with van der Waals surface area (Å²) in [5, 5.41) is 8.47. The molecule has 48 heavy (non-hydrogen) atoms. The number of unbranched alkanes of at least 4 members (excludes halogenated alkanes) is 1. The number of carbonyl (C=O) groups excluding carboxylic acids is 3. The van der Waals surface area contributed by atoms with E-state index in [9.17, 15) is 14.4 Å². The Kier molecular flexibility index (Phi) is 11.9. The van der Waals surface area contributed by atoms with E-state index in [1.54, 1.807) is 42.5 Å². The molecule has 4 aromatic carbocycles. The van der Waals surface area contributed by atoms with Crippen LogP contribution in [0.25, 0.3) is 17.4 Å². The first-order valence-corrected chi connectivity index (χ1v) is 16.7. The van der Waals surface area contributed by atoms with Crippen LogP contribution in [0.2, 0.25) is 0 Å². The number of rotatable bonds is 14. The van der Waals surface area contributed by atoms with Crippen molar-refractivity contribution in [1.82, 2.24) is 5.32 Å². The monoisotopic (exact) mass is 659 g/mol. The van der Waals surface area contributed by atoms with Crippen LogP contribution in [0.1, 0.15) is 41.4 Å². The van der Waals surface area contributed by atoms with Crippen LogP contribution in [0.5, 0.6) is 5.75 Å². The maximum atomic E-state index is 13.5. The summed E-state index contributed by atoms with van der Waals surface area (Å²) in [5.41, 5.74) is 3.69. The number of hydrogen-bond donors (Lipinski definition) is 3. The molecule has 5 rings (SSSR count). The van der Waals surface area contributed by atoms with Crippen molar-refractivity contribution in [3.05, 3.63) is 138 Å². The van der Waals surface area contributed by atoms with Gasteiger partial charge in [0.05, 0.1) is 12.4 Å². The van der Waals surface area contributed by atoms with E-state index in [2.05, 4.69) is 22.9 Å². The molecule has 1 aromatic heterocycles. The van der Waals surface area contributed by atoms with Crippen molar-refractivity contribution >= 4 is 46.9 Å². The molecule has 0 aliphatic carbocycles. The SMILES string of the molecule is CCCCOc1ccc(NC(=O)CSc2ccc(NC(=O)/C(=C\c3ccc(-c4ccc(C)cc4)o3)NC(=O)c3ccccc3)cc2)cc1. The Labute approximate surface area is 284 Å². The van der Waals surface area contributed by atoms with Crippen LogP contribution in [-0.4, -0.2) is 30.1 Å². The molecule has 0 saturated heterocycles. The van der Waals surface area contributed by atoms with Gasteiger partial charge in [0.15, 0.2) is 0 Å². The molecule has 0 unspecified atom stereocenters. The number of hydrogen-bond acceptors (Lipinski definition) is 6. The number of amides is 3. The van der Waals surface area contributed by atoms with Crippen molar-refractivity contribution in [2.75, 3.05) is 23.0 Å². The molecule has 1 heterocycles. The zero-order valence-corrected chi connectivity index (χ0v) is 27.6. The second-order valence-corrected chi connectivity index (χ2v) is 12.0. The average Bonchev–Trinajstić information content (AvgIpc) is 3.57. The van der Waals surface area contributed by atoms with Gasteiger partial charge in [-0.05, 0) is 86.1 Å². The second kappa shape index (κ2) is 16.9. The molecule has 5 aromatic rings. The van der Waals surface area contributed by atoms with Gasteiger partial charge in [-0.3, -0.25) is 14.4 Å². The van der Waals surface area contributed by atoms with Gasteiger partial charge in [0.1, 0.15) is 23.0 Å². The molecular weight excluding hydrogens is 623 g/mol. The van der Waals surface area contributed by atoms with Crippen molar-refractivity contribution in [2.24, 2.45) is 0 Å². The number of nitrogens with one attached hydrogen (secondary N) is 3. The Morgan fingerprint density at radius 3 is 2.19 bits per heavy atom. The average molecular weight is 660 g/mol. The Hall–Kier alpha value is -5.54. The van der Waals surface area contributed by atoms with E-state index in [0.29, 0.717) is 35.1 Å². The Bertz CT molecular complexity index is 1850. The number of carbonyl (C=O) groups is 3. The summed E-state index contributed by atoms with van der Waals surface area (Å²) < 4.78 is 11.7. The second-order valence-electron chi connectivity index (χ2n) is 11.0. The van der Waals surface area contributed by atoms with E-state index in [4.69, 9.17) is 9.15 Å². The fourth-order valence-electron chi connectivity index (χ4n) is 4.54. The van der Waals surface area contributed by atoms with Gasteiger partial charge in [-0.1, -0.05) is 61.4 Å². The largest absolute Gasteiger partial charge is 0.494 e. The molecular formula is C39H37N3O5S. The zero-order valence-electron chi connectivity index (χ0n) is 26.8. The molecule has 0 atom stereocenters. The fraction of sp³-hybridized carbons (Fsp3) is 0.154. The summed E-state index contributed by atoms with van der Waals surface area (Å²) in [6.45, 7) is 4.80. The number of anilines is 2. The minimum atomic E-state index is -0.519. The standard InChI is InChI=1S/C39H37N3O5S/c1-3-4-24-46-32-18-14-30(15-19-32)40-37(43)26-48-34-21-16-31(17-22-34)41-39(45)35(42-38(44)29-8-6-5-7-9-29)25-33-20-23-36(47-33)28-12-10-27(2)11-13-28/h5-23,25H,3-4,24,26H2,1-2H3,(H,40,43)(H,41,45)(H,42,44)/b35-25+. The molecule has 0 radical (unpaired) electrons. The Morgan fingerprint density at radius 1 is 0.792 bits per heavy atom. The molecule has 0 aliphatic rings. The highest BCUT2D eigenvalue weighted by atomic mass is 32.2. The topological polar surface area (TPSA) is 110 Å². The molecule has 0 bridgehead atoms. The highest BCUT2D eigenvalue weighted by Gasteiger charge is 2.16. The van der Waals surface area contributed by atoms with Gasteiger partial charge in [0, 0.05) is 33.5 Å². The summed E-state index contributed by atoms with van der Waals surface area (Å²) in [5.74, 6) is 0.958. The summed E-state index contributed by atoms with van der Waals surface area (Å²) in [6.07, 6.45) is 3.57. The van der Waals surface area contributed by atoms with Gasteiger partial charge >= 0.3 is 0 Å². The van der Waals surface area contributed by atoms with Crippen molar-refractivity contribution in [2.45, 2.75) is 31.6 Å². The van der Waals surface area contributed by atoms with E-state index in [-0.39, 0.29) is 17.4 Å². The smallest absolute Gasteiger partial charge is 0.272 e. The summed E-state index contributed by atoms with van der Waals surface area (Å²) in [4.78, 5) is 39.9. The molecule has 8 nitrogen and oxygen atoms in total. The van der Waals surface area contributed by atoms with Crippen molar-refractivity contribution in [3.8, 4) is 17.1 Å². The predicted molar refractivity (Wildman–Crippen MR) is 192 cm³/mol. The minimum Gasteiger partial charge on any atom is -0.494 e. The van der Waals surface area contributed by atoms with Crippen LogP contribution < -0.4 is 20.7 Å². The van der Waals surface area contributed by atoms with E-state index >= 15 is 0 Å². The van der Waals surface area contributed by atoms with Gasteiger partial charge in [0.25, 0.3) is 11.8 Å². The van der Waals surface area contributed by atoms with Crippen LogP contribution in [0, 0.1) is 6.92 Å². The van der Waals surface area contributed by atoms with E-state index in [1.165, 1.54) is 17.8 Å². The first kappa shape index (κ1) is 33.8. The molecule has 0 spiro atoms. The number of furan rings is 1. The lowest BCUT2D eigenvalue weighted by molar-refractivity contribution is -0.114. The van der Waals surface area contributed by atoms with E-state index < -0.39 is 11.8 Å². The first-order valence-electron chi connectivity index (χ1n) is 15.7. The molecule has 3 N–H and O–H groups in total. The third kappa shape index (κ3) is 9.98. The number of aryl methyl sites for hydroxylation is 1. The Morgan fingerprint density at radius 2 is 1.48 bits per heavy atom. The van der Waals surface area contributed by atoms with Crippen LogP contribution in [-0.2, 0) is 9.59 Å². The van der Waals surface area contributed by atoms with Gasteiger partial charge in [0.2, 0.25) is 5.91 Å². The van der Waals surface area contributed by atoms with Crippen molar-refractivity contribution in [3.63, 3.8) is 0 Å². The Balaban J connectivity index is 1.20. The van der Waals surface area contributed by atoms with Gasteiger partial charge in [-0.2, -0.15) is 0 Å². The molecule has 0 saturated carbocycles. The third-order valence-corrected chi connectivity index (χ3v) is 8.18. The van der Waals surface area contributed by atoms with Gasteiger partial charge in [-0.25, -0.2) is 0 Å². The molecule has 0 fully saturated rings. The lowest BCUT2D eigenvalue weighted by Gasteiger charge is -2.11. The first-order chi connectivity index (χ1) is 23.4. The van der Waals surface area contributed by atoms with Crippen molar-refractivity contribution in [1.29, 1.82) is 0 Å². The molecule has 9 heteroatoms.